The fourth-order valence-corrected chi connectivity index (χ4v) is 2.75. The van der Waals surface area contributed by atoms with Gasteiger partial charge in [0.05, 0.1) is 11.0 Å². The summed E-state index contributed by atoms with van der Waals surface area (Å²) in [6.45, 7) is 7.56. The van der Waals surface area contributed by atoms with Crippen molar-refractivity contribution in [2.75, 3.05) is 13.1 Å². The van der Waals surface area contributed by atoms with Crippen LogP contribution in [0.3, 0.4) is 0 Å². The second-order valence-corrected chi connectivity index (χ2v) is 5.40. The van der Waals surface area contributed by atoms with Crippen molar-refractivity contribution in [2.24, 2.45) is 0 Å². The molecule has 4 nitrogen and oxygen atoms in total. The molecule has 0 aliphatic carbocycles. The molecule has 0 bridgehead atoms. The SMILES string of the molecule is CCN(CC)C(=O)CCn1c(=S)[nH]c2cc(F)c(C)cc21. The fraction of sp³-hybridized carbons (Fsp3) is 0.467. The number of amides is 1. The van der Waals surface area contributed by atoms with Crippen molar-refractivity contribution in [3.05, 3.63) is 28.3 Å². The van der Waals surface area contributed by atoms with E-state index in [1.807, 2.05) is 18.4 Å². The molecule has 1 amide bonds. The Hall–Kier alpha value is -1.69. The number of halogens is 1. The quantitative estimate of drug-likeness (QED) is 0.860. The zero-order chi connectivity index (χ0) is 15.6. The lowest BCUT2D eigenvalue weighted by Gasteiger charge is -2.18. The Morgan fingerprint density at radius 3 is 2.67 bits per heavy atom. The summed E-state index contributed by atoms with van der Waals surface area (Å²) >= 11 is 5.27. The number of aryl methyl sites for hydroxylation is 2. The number of hydrogen-bond acceptors (Lipinski definition) is 2. The maximum absolute atomic E-state index is 13.6. The van der Waals surface area contributed by atoms with Crippen molar-refractivity contribution in [2.45, 2.75) is 33.7 Å². The first kappa shape index (κ1) is 15.7. The molecule has 0 aliphatic rings. The van der Waals surface area contributed by atoms with E-state index < -0.39 is 0 Å². The molecule has 21 heavy (non-hydrogen) atoms. The van der Waals surface area contributed by atoms with E-state index in [1.165, 1.54) is 6.07 Å². The van der Waals surface area contributed by atoms with E-state index >= 15 is 0 Å². The van der Waals surface area contributed by atoms with Crippen LogP contribution in [0.25, 0.3) is 11.0 Å². The number of imidazole rings is 1. The summed E-state index contributed by atoms with van der Waals surface area (Å²) < 4.78 is 16.0. The van der Waals surface area contributed by atoms with Crippen LogP contribution in [0.5, 0.6) is 0 Å². The van der Waals surface area contributed by atoms with Crippen LogP contribution in [0, 0.1) is 17.5 Å². The molecular formula is C15H20FN3OS. The number of aromatic nitrogens is 2. The predicted molar refractivity (Wildman–Crippen MR) is 84.4 cm³/mol. The molecule has 114 valence electrons. The first-order valence-electron chi connectivity index (χ1n) is 7.14. The third-order valence-corrected chi connectivity index (χ3v) is 4.04. The maximum Gasteiger partial charge on any atom is 0.224 e. The second-order valence-electron chi connectivity index (χ2n) is 5.02. The Labute approximate surface area is 128 Å². The molecule has 1 aromatic carbocycles. The predicted octanol–water partition coefficient (Wildman–Crippen LogP) is 3.40. The van der Waals surface area contributed by atoms with E-state index in [0.29, 0.717) is 41.9 Å². The minimum Gasteiger partial charge on any atom is -0.343 e. The number of hydrogen-bond donors (Lipinski definition) is 1. The zero-order valence-corrected chi connectivity index (χ0v) is 13.4. The number of aromatic amines is 1. The van der Waals surface area contributed by atoms with Crippen LogP contribution in [0.15, 0.2) is 12.1 Å². The number of nitrogens with zero attached hydrogens (tertiary/aromatic N) is 2. The van der Waals surface area contributed by atoms with Crippen LogP contribution in [0.2, 0.25) is 0 Å². The van der Waals surface area contributed by atoms with Gasteiger partial charge in [-0.3, -0.25) is 4.79 Å². The number of rotatable bonds is 5. The number of nitrogens with one attached hydrogen (secondary N) is 1. The third-order valence-electron chi connectivity index (χ3n) is 3.72. The van der Waals surface area contributed by atoms with Crippen LogP contribution < -0.4 is 0 Å². The highest BCUT2D eigenvalue weighted by molar-refractivity contribution is 7.71. The fourth-order valence-electron chi connectivity index (χ4n) is 2.45. The lowest BCUT2D eigenvalue weighted by molar-refractivity contribution is -0.131. The molecule has 0 atom stereocenters. The number of carbonyl (C=O) groups is 1. The molecule has 0 spiro atoms. The summed E-state index contributed by atoms with van der Waals surface area (Å²) in [6, 6.07) is 3.21. The van der Waals surface area contributed by atoms with Gasteiger partial charge in [-0.05, 0) is 50.7 Å². The standard InChI is InChI=1S/C15H20FN3OS/c1-4-18(5-2)14(20)6-7-19-13-8-10(3)11(16)9-12(13)17-15(19)21/h8-9H,4-7H2,1-3H3,(H,17,21). The van der Waals surface area contributed by atoms with Gasteiger partial charge < -0.3 is 14.5 Å². The molecule has 0 saturated heterocycles. The van der Waals surface area contributed by atoms with E-state index in [0.717, 1.165) is 5.52 Å². The Bertz CT molecular complexity index is 716. The topological polar surface area (TPSA) is 41.0 Å². The van der Waals surface area contributed by atoms with Gasteiger partial charge in [-0.1, -0.05) is 0 Å². The van der Waals surface area contributed by atoms with Gasteiger partial charge in [0.1, 0.15) is 5.82 Å². The third kappa shape index (κ3) is 3.15. The average Bonchev–Trinajstić information content (AvgIpc) is 2.73. The van der Waals surface area contributed by atoms with Crippen molar-refractivity contribution < 1.29 is 9.18 Å². The first-order chi connectivity index (χ1) is 9.97. The molecule has 0 fully saturated rings. The summed E-state index contributed by atoms with van der Waals surface area (Å²) in [7, 11) is 0. The van der Waals surface area contributed by atoms with Crippen LogP contribution >= 0.6 is 12.2 Å². The highest BCUT2D eigenvalue weighted by atomic mass is 32.1. The van der Waals surface area contributed by atoms with Gasteiger partial charge in [-0.2, -0.15) is 0 Å². The summed E-state index contributed by atoms with van der Waals surface area (Å²) in [5, 5.41) is 0. The summed E-state index contributed by atoms with van der Waals surface area (Å²) in [5.74, 6) is -0.153. The minimum absolute atomic E-state index is 0.107. The van der Waals surface area contributed by atoms with Crippen molar-refractivity contribution in [3.8, 4) is 0 Å². The maximum atomic E-state index is 13.6. The highest BCUT2D eigenvalue weighted by Gasteiger charge is 2.12. The lowest BCUT2D eigenvalue weighted by atomic mass is 10.2. The largest absolute Gasteiger partial charge is 0.343 e. The summed E-state index contributed by atoms with van der Waals surface area (Å²) in [6.07, 6.45) is 0.388. The molecule has 2 rings (SSSR count). The highest BCUT2D eigenvalue weighted by Crippen LogP contribution is 2.19. The van der Waals surface area contributed by atoms with E-state index in [-0.39, 0.29) is 11.7 Å². The van der Waals surface area contributed by atoms with Crippen molar-refractivity contribution >= 4 is 29.2 Å². The van der Waals surface area contributed by atoms with E-state index in [2.05, 4.69) is 4.98 Å². The molecular weight excluding hydrogens is 289 g/mol. The van der Waals surface area contributed by atoms with Crippen LogP contribution in [0.4, 0.5) is 4.39 Å². The normalized spacial score (nSPS) is 11.0. The minimum atomic E-state index is -0.259. The van der Waals surface area contributed by atoms with Gasteiger partial charge in [0.2, 0.25) is 5.91 Å². The molecule has 0 radical (unpaired) electrons. The first-order valence-corrected chi connectivity index (χ1v) is 7.55. The Kier molecular flexibility index (Phi) is 4.77. The molecule has 1 N–H and O–H groups in total. The van der Waals surface area contributed by atoms with Crippen molar-refractivity contribution in [3.63, 3.8) is 0 Å². The Balaban J connectivity index is 2.27. The number of H-pyrrole nitrogens is 1. The monoisotopic (exact) mass is 309 g/mol. The van der Waals surface area contributed by atoms with Gasteiger partial charge in [0, 0.05) is 26.1 Å². The van der Waals surface area contributed by atoms with Gasteiger partial charge in [0.25, 0.3) is 0 Å². The number of carbonyl (C=O) groups excluding carboxylic acids is 1. The molecule has 0 unspecified atom stereocenters. The molecule has 1 heterocycles. The molecule has 0 aliphatic heterocycles. The van der Waals surface area contributed by atoms with E-state index in [9.17, 15) is 9.18 Å². The lowest BCUT2D eigenvalue weighted by Crippen LogP contribution is -2.31. The zero-order valence-electron chi connectivity index (χ0n) is 12.6. The van der Waals surface area contributed by atoms with Crippen molar-refractivity contribution in [1.29, 1.82) is 0 Å². The van der Waals surface area contributed by atoms with Crippen LogP contribution in [0.1, 0.15) is 25.8 Å². The number of fused-ring (bicyclic) bond motifs is 1. The molecule has 0 saturated carbocycles. The molecule has 1 aromatic heterocycles. The second kappa shape index (κ2) is 6.39. The number of benzene rings is 1. The van der Waals surface area contributed by atoms with E-state index in [4.69, 9.17) is 12.2 Å². The summed E-state index contributed by atoms with van der Waals surface area (Å²) in [5.41, 5.74) is 2.07. The molecule has 6 heteroatoms. The molecule has 2 aromatic rings. The Morgan fingerprint density at radius 1 is 1.38 bits per heavy atom. The van der Waals surface area contributed by atoms with Crippen LogP contribution in [-0.4, -0.2) is 33.4 Å². The Morgan fingerprint density at radius 2 is 2.05 bits per heavy atom. The van der Waals surface area contributed by atoms with Gasteiger partial charge >= 0.3 is 0 Å². The smallest absolute Gasteiger partial charge is 0.224 e. The van der Waals surface area contributed by atoms with E-state index in [1.54, 1.807) is 17.9 Å². The van der Waals surface area contributed by atoms with Crippen molar-refractivity contribution in [1.82, 2.24) is 14.5 Å². The van der Waals surface area contributed by atoms with Gasteiger partial charge in [-0.25, -0.2) is 4.39 Å². The van der Waals surface area contributed by atoms with Gasteiger partial charge in [-0.15, -0.1) is 0 Å². The average molecular weight is 309 g/mol. The van der Waals surface area contributed by atoms with Crippen LogP contribution in [-0.2, 0) is 11.3 Å². The summed E-state index contributed by atoms with van der Waals surface area (Å²) in [4.78, 5) is 16.9. The van der Waals surface area contributed by atoms with Gasteiger partial charge in [0.15, 0.2) is 4.77 Å².